The molecule has 3 rings (SSSR count). The van der Waals surface area contributed by atoms with Crippen LogP contribution in [0.25, 0.3) is 10.9 Å². The summed E-state index contributed by atoms with van der Waals surface area (Å²) in [6.07, 6.45) is 2.15. The molecular weight excluding hydrogens is 322 g/mol. The summed E-state index contributed by atoms with van der Waals surface area (Å²) in [5.74, 6) is -0.0473. The third kappa shape index (κ3) is 4.01. The lowest BCUT2D eigenvalue weighted by atomic mass is 9.93. The first-order valence-corrected chi connectivity index (χ1v) is 8.43. The zero-order valence-corrected chi connectivity index (χ0v) is 13.9. The molecule has 0 unspecified atom stereocenters. The van der Waals surface area contributed by atoms with E-state index in [9.17, 15) is 14.4 Å². The Morgan fingerprint density at radius 3 is 2.64 bits per heavy atom. The molecule has 8 nitrogen and oxygen atoms in total. The van der Waals surface area contributed by atoms with Crippen molar-refractivity contribution in [3.8, 4) is 0 Å². The monoisotopic (exact) mass is 343 g/mol. The maximum Gasteiger partial charge on any atom is 0.277 e. The summed E-state index contributed by atoms with van der Waals surface area (Å²) in [7, 11) is 0. The van der Waals surface area contributed by atoms with Crippen LogP contribution in [0.4, 0.5) is 0 Å². The molecular formula is C17H21N5O3. The number of rotatable bonds is 5. The van der Waals surface area contributed by atoms with Gasteiger partial charge >= 0.3 is 0 Å². The van der Waals surface area contributed by atoms with Crippen molar-refractivity contribution in [3.63, 3.8) is 0 Å². The molecule has 0 atom stereocenters. The quantitative estimate of drug-likeness (QED) is 0.839. The summed E-state index contributed by atoms with van der Waals surface area (Å²) >= 11 is 0. The summed E-state index contributed by atoms with van der Waals surface area (Å²) in [5, 5.41) is 8.41. The number of fused-ring (bicyclic) bond motifs is 1. The van der Waals surface area contributed by atoms with Gasteiger partial charge in [0.15, 0.2) is 0 Å². The highest BCUT2D eigenvalue weighted by atomic mass is 16.2. The molecule has 1 aromatic heterocycles. The highest BCUT2D eigenvalue weighted by Gasteiger charge is 2.23. The number of carbonyl (C=O) groups excluding carboxylic acids is 2. The van der Waals surface area contributed by atoms with Crippen LogP contribution in [0.5, 0.6) is 0 Å². The van der Waals surface area contributed by atoms with Gasteiger partial charge in [0.25, 0.3) is 5.56 Å². The minimum atomic E-state index is -0.293. The van der Waals surface area contributed by atoms with Crippen LogP contribution >= 0.6 is 0 Å². The highest BCUT2D eigenvalue weighted by molar-refractivity contribution is 5.77. The molecule has 2 N–H and O–H groups in total. The minimum absolute atomic E-state index is 0.0145. The van der Waals surface area contributed by atoms with Crippen LogP contribution < -0.4 is 11.3 Å². The number of piperidine rings is 1. The Balaban J connectivity index is 1.57. The number of hydrogen-bond acceptors (Lipinski definition) is 5. The minimum Gasteiger partial charge on any atom is -0.370 e. The number of aromatic nitrogens is 3. The molecule has 0 radical (unpaired) electrons. The number of hydrogen-bond donors (Lipinski definition) is 1. The van der Waals surface area contributed by atoms with Crippen molar-refractivity contribution in [2.45, 2.75) is 32.2 Å². The fourth-order valence-corrected chi connectivity index (χ4v) is 3.20. The van der Waals surface area contributed by atoms with E-state index in [0.29, 0.717) is 30.4 Å². The lowest BCUT2D eigenvalue weighted by Gasteiger charge is -2.31. The maximum atomic E-state index is 12.4. The number of primary amides is 1. The zero-order valence-electron chi connectivity index (χ0n) is 13.9. The highest BCUT2D eigenvalue weighted by Crippen LogP contribution is 2.20. The van der Waals surface area contributed by atoms with Crippen LogP contribution in [0.15, 0.2) is 29.1 Å². The smallest absolute Gasteiger partial charge is 0.277 e. The molecule has 1 aliphatic rings. The molecule has 132 valence electrons. The van der Waals surface area contributed by atoms with E-state index in [-0.39, 0.29) is 36.3 Å². The Hall–Kier alpha value is -2.77. The fraction of sp³-hybridized carbons (Fsp3) is 0.471. The largest absolute Gasteiger partial charge is 0.370 e. The number of likely N-dealkylation sites (tertiary alicyclic amines) is 1. The molecule has 0 bridgehead atoms. The first kappa shape index (κ1) is 17.1. The van der Waals surface area contributed by atoms with E-state index < -0.39 is 0 Å². The van der Waals surface area contributed by atoms with E-state index >= 15 is 0 Å². The third-order valence-electron chi connectivity index (χ3n) is 4.62. The summed E-state index contributed by atoms with van der Waals surface area (Å²) in [6, 6.07) is 7.01. The lowest BCUT2D eigenvalue weighted by molar-refractivity contribution is -0.133. The topological polar surface area (TPSA) is 111 Å². The van der Waals surface area contributed by atoms with Crippen molar-refractivity contribution < 1.29 is 9.59 Å². The molecule has 0 saturated carbocycles. The summed E-state index contributed by atoms with van der Waals surface area (Å²) in [6.45, 7) is 1.45. The predicted molar refractivity (Wildman–Crippen MR) is 91.5 cm³/mol. The lowest BCUT2D eigenvalue weighted by Crippen LogP contribution is -2.40. The molecule has 25 heavy (non-hydrogen) atoms. The fourth-order valence-electron chi connectivity index (χ4n) is 3.20. The molecule has 1 aliphatic heterocycles. The number of aryl methyl sites for hydroxylation is 1. The second-order valence-corrected chi connectivity index (χ2v) is 6.38. The molecule has 0 spiro atoms. The van der Waals surface area contributed by atoms with E-state index in [4.69, 9.17) is 5.73 Å². The van der Waals surface area contributed by atoms with E-state index in [0.717, 1.165) is 12.8 Å². The SMILES string of the molecule is NC(=O)CC1CCN(C(=O)CCn2nnc3ccccc3c2=O)CC1. The number of benzene rings is 1. The number of nitrogens with zero attached hydrogens (tertiary/aromatic N) is 4. The van der Waals surface area contributed by atoms with Crippen molar-refractivity contribution in [2.75, 3.05) is 13.1 Å². The van der Waals surface area contributed by atoms with Crippen molar-refractivity contribution in [1.82, 2.24) is 19.9 Å². The second-order valence-electron chi connectivity index (χ2n) is 6.38. The van der Waals surface area contributed by atoms with Crippen molar-refractivity contribution >= 4 is 22.7 Å². The van der Waals surface area contributed by atoms with Gasteiger partial charge in [0.05, 0.1) is 11.9 Å². The maximum absolute atomic E-state index is 12.4. The summed E-state index contributed by atoms with van der Waals surface area (Å²) < 4.78 is 1.24. The number of nitrogens with two attached hydrogens (primary N) is 1. The van der Waals surface area contributed by atoms with Gasteiger partial charge in [-0.05, 0) is 30.9 Å². The van der Waals surface area contributed by atoms with Gasteiger partial charge in [-0.1, -0.05) is 17.3 Å². The zero-order chi connectivity index (χ0) is 17.8. The van der Waals surface area contributed by atoms with Gasteiger partial charge in [-0.25, -0.2) is 4.68 Å². The van der Waals surface area contributed by atoms with E-state index in [1.54, 1.807) is 29.2 Å². The van der Waals surface area contributed by atoms with Gasteiger partial charge in [0, 0.05) is 25.9 Å². The Morgan fingerprint density at radius 1 is 1.20 bits per heavy atom. The Kier molecular flexibility index (Phi) is 5.06. The van der Waals surface area contributed by atoms with Crippen molar-refractivity contribution in [3.05, 3.63) is 34.6 Å². The number of carbonyl (C=O) groups is 2. The molecule has 0 aliphatic carbocycles. The normalized spacial score (nSPS) is 15.4. The van der Waals surface area contributed by atoms with Gasteiger partial charge in [-0.3, -0.25) is 14.4 Å². The van der Waals surface area contributed by atoms with Crippen molar-refractivity contribution in [1.29, 1.82) is 0 Å². The number of amides is 2. The van der Waals surface area contributed by atoms with Gasteiger partial charge < -0.3 is 10.6 Å². The Bertz CT molecular complexity index is 840. The average molecular weight is 343 g/mol. The standard InChI is InChI=1S/C17H21N5O3/c18-15(23)11-12-5-8-21(9-6-12)16(24)7-10-22-17(25)13-3-1-2-4-14(13)19-20-22/h1-4,12H,5-11H2,(H2,18,23). The van der Waals surface area contributed by atoms with Gasteiger partial charge in [0.2, 0.25) is 11.8 Å². The molecule has 1 fully saturated rings. The van der Waals surface area contributed by atoms with E-state index in [1.807, 2.05) is 0 Å². The van der Waals surface area contributed by atoms with Crippen LogP contribution in [-0.4, -0.2) is 44.8 Å². The Morgan fingerprint density at radius 2 is 1.92 bits per heavy atom. The van der Waals surface area contributed by atoms with Crippen LogP contribution in [-0.2, 0) is 16.1 Å². The summed E-state index contributed by atoms with van der Waals surface area (Å²) in [5.41, 5.74) is 5.53. The molecule has 2 amide bonds. The van der Waals surface area contributed by atoms with Crippen LogP contribution in [0.1, 0.15) is 25.7 Å². The first-order valence-electron chi connectivity index (χ1n) is 8.43. The van der Waals surface area contributed by atoms with Crippen LogP contribution in [0, 0.1) is 5.92 Å². The van der Waals surface area contributed by atoms with E-state index in [1.165, 1.54) is 4.68 Å². The van der Waals surface area contributed by atoms with Gasteiger partial charge in [-0.2, -0.15) is 0 Å². The van der Waals surface area contributed by atoms with Gasteiger partial charge in [-0.15, -0.1) is 5.10 Å². The Labute approximate surface area is 144 Å². The molecule has 2 aromatic rings. The van der Waals surface area contributed by atoms with Crippen LogP contribution in [0.3, 0.4) is 0 Å². The molecule has 2 heterocycles. The second kappa shape index (κ2) is 7.42. The summed E-state index contributed by atoms with van der Waals surface area (Å²) in [4.78, 5) is 37.4. The van der Waals surface area contributed by atoms with Crippen molar-refractivity contribution in [2.24, 2.45) is 11.7 Å². The predicted octanol–water partition coefficient (Wildman–Crippen LogP) is 0.296. The molecule has 8 heteroatoms. The molecule has 1 aromatic carbocycles. The third-order valence-corrected chi connectivity index (χ3v) is 4.62. The first-order chi connectivity index (χ1) is 12.0. The van der Waals surface area contributed by atoms with E-state index in [2.05, 4.69) is 10.3 Å². The molecule has 1 saturated heterocycles. The average Bonchev–Trinajstić information content (AvgIpc) is 2.61. The van der Waals surface area contributed by atoms with Crippen LogP contribution in [0.2, 0.25) is 0 Å². The van der Waals surface area contributed by atoms with Gasteiger partial charge in [0.1, 0.15) is 5.52 Å².